The molecule has 0 bridgehead atoms. The van der Waals surface area contributed by atoms with E-state index in [0.29, 0.717) is 23.1 Å². The zero-order chi connectivity index (χ0) is 22.8. The Labute approximate surface area is 192 Å². The molecule has 0 aliphatic carbocycles. The SMILES string of the molecule is Cc1cc(C)cc(NC(=O)C2CCCN(c3ccc(=O)n(-c4ccc(C)c(Cl)c4)n3)C2)c1. The summed E-state index contributed by atoms with van der Waals surface area (Å²) < 4.78 is 1.36. The number of aryl methyl sites for hydroxylation is 3. The lowest BCUT2D eigenvalue weighted by Gasteiger charge is -2.33. The minimum absolute atomic E-state index is 0.0123. The normalized spacial score (nSPS) is 16.1. The van der Waals surface area contributed by atoms with Crippen molar-refractivity contribution in [2.75, 3.05) is 23.3 Å². The molecule has 4 rings (SSSR count). The summed E-state index contributed by atoms with van der Waals surface area (Å²) in [4.78, 5) is 27.5. The standard InChI is InChI=1S/C25H27ClN4O2/c1-16-11-17(2)13-20(12-16)27-25(32)19-5-4-10-29(15-19)23-8-9-24(31)30(28-23)21-7-6-18(3)22(26)14-21/h6-9,11-14,19H,4-5,10,15H2,1-3H3,(H,27,32). The number of carbonyl (C=O) groups is 1. The Hall–Kier alpha value is -3.12. The number of nitrogens with one attached hydrogen (secondary N) is 1. The highest BCUT2D eigenvalue weighted by Gasteiger charge is 2.27. The van der Waals surface area contributed by atoms with Crippen molar-refractivity contribution < 1.29 is 4.79 Å². The lowest BCUT2D eigenvalue weighted by Crippen LogP contribution is -2.41. The first kappa shape index (κ1) is 22.1. The zero-order valence-electron chi connectivity index (χ0n) is 18.6. The quantitative estimate of drug-likeness (QED) is 0.627. The van der Waals surface area contributed by atoms with Crippen LogP contribution < -0.4 is 15.8 Å². The number of anilines is 2. The molecular formula is C25H27ClN4O2. The van der Waals surface area contributed by atoms with Crippen LogP contribution in [0.2, 0.25) is 5.02 Å². The van der Waals surface area contributed by atoms with E-state index in [2.05, 4.69) is 21.4 Å². The molecule has 3 aromatic rings. The maximum absolute atomic E-state index is 13.0. The van der Waals surface area contributed by atoms with Crippen molar-refractivity contribution in [2.24, 2.45) is 5.92 Å². The van der Waals surface area contributed by atoms with Crippen LogP contribution in [0.5, 0.6) is 0 Å². The summed E-state index contributed by atoms with van der Waals surface area (Å²) >= 11 is 6.25. The van der Waals surface area contributed by atoms with Gasteiger partial charge in [0.05, 0.1) is 11.6 Å². The molecule has 1 aliphatic heterocycles. The van der Waals surface area contributed by atoms with Gasteiger partial charge in [-0.3, -0.25) is 9.59 Å². The van der Waals surface area contributed by atoms with Crippen molar-refractivity contribution in [3.8, 4) is 5.69 Å². The van der Waals surface area contributed by atoms with Crippen LogP contribution in [-0.4, -0.2) is 28.8 Å². The summed E-state index contributed by atoms with van der Waals surface area (Å²) in [7, 11) is 0. The second-order valence-electron chi connectivity index (χ2n) is 8.53. The second-order valence-corrected chi connectivity index (χ2v) is 8.93. The van der Waals surface area contributed by atoms with Crippen LogP contribution in [0.15, 0.2) is 53.3 Å². The molecule has 1 N–H and O–H groups in total. The van der Waals surface area contributed by atoms with Crippen LogP contribution in [-0.2, 0) is 4.79 Å². The molecule has 32 heavy (non-hydrogen) atoms. The average Bonchev–Trinajstić information content (AvgIpc) is 2.75. The first-order valence-corrected chi connectivity index (χ1v) is 11.2. The van der Waals surface area contributed by atoms with Crippen molar-refractivity contribution in [2.45, 2.75) is 33.6 Å². The van der Waals surface area contributed by atoms with E-state index in [-0.39, 0.29) is 17.4 Å². The Bertz CT molecular complexity index is 1200. The third-order valence-corrected chi connectivity index (χ3v) is 6.20. The van der Waals surface area contributed by atoms with Gasteiger partial charge >= 0.3 is 0 Å². The van der Waals surface area contributed by atoms with Crippen LogP contribution >= 0.6 is 11.6 Å². The molecule has 2 heterocycles. The number of rotatable bonds is 4. The number of carbonyl (C=O) groups excluding carboxylic acids is 1. The zero-order valence-corrected chi connectivity index (χ0v) is 19.3. The molecule has 0 radical (unpaired) electrons. The topological polar surface area (TPSA) is 67.2 Å². The molecule has 1 unspecified atom stereocenters. The molecule has 0 saturated carbocycles. The van der Waals surface area contributed by atoms with Gasteiger partial charge in [-0.15, -0.1) is 5.10 Å². The highest BCUT2D eigenvalue weighted by molar-refractivity contribution is 6.31. The molecule has 2 aromatic carbocycles. The maximum Gasteiger partial charge on any atom is 0.271 e. The predicted octanol–water partition coefficient (Wildman–Crippen LogP) is 4.67. The van der Waals surface area contributed by atoms with E-state index in [1.807, 2.05) is 45.0 Å². The fourth-order valence-corrected chi connectivity index (χ4v) is 4.33. The molecule has 1 aliphatic rings. The number of nitrogens with zero attached hydrogens (tertiary/aromatic N) is 3. The minimum Gasteiger partial charge on any atom is -0.354 e. The van der Waals surface area contributed by atoms with Crippen LogP contribution in [0.4, 0.5) is 11.5 Å². The number of aromatic nitrogens is 2. The van der Waals surface area contributed by atoms with Gasteiger partial charge in [-0.25, -0.2) is 0 Å². The summed E-state index contributed by atoms with van der Waals surface area (Å²) in [6, 6.07) is 14.7. The molecule has 7 heteroatoms. The number of hydrogen-bond acceptors (Lipinski definition) is 4. The van der Waals surface area contributed by atoms with E-state index < -0.39 is 0 Å². The number of hydrogen-bond donors (Lipinski definition) is 1. The summed E-state index contributed by atoms with van der Waals surface area (Å²) in [6.45, 7) is 7.29. The van der Waals surface area contributed by atoms with E-state index in [9.17, 15) is 9.59 Å². The predicted molar refractivity (Wildman–Crippen MR) is 129 cm³/mol. The monoisotopic (exact) mass is 450 g/mol. The van der Waals surface area contributed by atoms with Gasteiger partial charge in [0.15, 0.2) is 0 Å². The van der Waals surface area contributed by atoms with Crippen LogP contribution in [0, 0.1) is 26.7 Å². The highest BCUT2D eigenvalue weighted by Crippen LogP contribution is 2.24. The summed E-state index contributed by atoms with van der Waals surface area (Å²) in [5.41, 5.74) is 4.39. The lowest BCUT2D eigenvalue weighted by atomic mass is 9.97. The minimum atomic E-state index is -0.227. The average molecular weight is 451 g/mol. The Morgan fingerprint density at radius 2 is 1.81 bits per heavy atom. The first-order chi connectivity index (χ1) is 15.3. The number of benzene rings is 2. The molecule has 1 fully saturated rings. The first-order valence-electron chi connectivity index (χ1n) is 10.8. The Balaban J connectivity index is 1.53. The molecule has 1 atom stereocenters. The van der Waals surface area contributed by atoms with Gasteiger partial charge in [-0.2, -0.15) is 4.68 Å². The smallest absolute Gasteiger partial charge is 0.271 e. The van der Waals surface area contributed by atoms with Gasteiger partial charge in [0.2, 0.25) is 5.91 Å². The van der Waals surface area contributed by atoms with Gasteiger partial charge in [0.1, 0.15) is 5.82 Å². The number of piperidine rings is 1. The lowest BCUT2D eigenvalue weighted by molar-refractivity contribution is -0.120. The van der Waals surface area contributed by atoms with E-state index in [4.69, 9.17) is 11.6 Å². The van der Waals surface area contributed by atoms with E-state index in [1.165, 1.54) is 10.7 Å². The van der Waals surface area contributed by atoms with Gasteiger partial charge in [0, 0.05) is 29.9 Å². The van der Waals surface area contributed by atoms with Crippen molar-refractivity contribution in [3.05, 3.63) is 80.6 Å². The molecular weight excluding hydrogens is 424 g/mol. The van der Waals surface area contributed by atoms with Gasteiger partial charge in [0.25, 0.3) is 5.56 Å². The maximum atomic E-state index is 13.0. The Morgan fingerprint density at radius 3 is 2.53 bits per heavy atom. The fraction of sp³-hybridized carbons (Fsp3) is 0.320. The van der Waals surface area contributed by atoms with Crippen molar-refractivity contribution in [3.63, 3.8) is 0 Å². The van der Waals surface area contributed by atoms with Crippen LogP contribution in [0.25, 0.3) is 5.69 Å². The van der Waals surface area contributed by atoms with Crippen molar-refractivity contribution in [1.29, 1.82) is 0 Å². The van der Waals surface area contributed by atoms with Crippen LogP contribution in [0.3, 0.4) is 0 Å². The number of amides is 1. The van der Waals surface area contributed by atoms with Crippen molar-refractivity contribution in [1.82, 2.24) is 9.78 Å². The van der Waals surface area contributed by atoms with Crippen molar-refractivity contribution >= 4 is 29.0 Å². The van der Waals surface area contributed by atoms with E-state index in [0.717, 1.165) is 41.8 Å². The van der Waals surface area contributed by atoms with Gasteiger partial charge in [-0.1, -0.05) is 23.7 Å². The highest BCUT2D eigenvalue weighted by atomic mass is 35.5. The summed E-state index contributed by atoms with van der Waals surface area (Å²) in [5.74, 6) is 0.532. The van der Waals surface area contributed by atoms with Crippen LogP contribution in [0.1, 0.15) is 29.5 Å². The molecule has 6 nitrogen and oxygen atoms in total. The number of halogens is 1. The molecule has 1 saturated heterocycles. The van der Waals surface area contributed by atoms with Gasteiger partial charge < -0.3 is 10.2 Å². The fourth-order valence-electron chi connectivity index (χ4n) is 4.16. The Morgan fingerprint density at radius 1 is 1.06 bits per heavy atom. The summed E-state index contributed by atoms with van der Waals surface area (Å²) in [6.07, 6.45) is 1.70. The third kappa shape index (κ3) is 4.86. The molecule has 1 amide bonds. The molecule has 1 aromatic heterocycles. The molecule has 166 valence electrons. The Kier molecular flexibility index (Phi) is 6.33. The van der Waals surface area contributed by atoms with E-state index >= 15 is 0 Å². The largest absolute Gasteiger partial charge is 0.354 e. The second kappa shape index (κ2) is 9.17. The van der Waals surface area contributed by atoms with Gasteiger partial charge in [-0.05, 0) is 80.6 Å². The third-order valence-electron chi connectivity index (χ3n) is 5.79. The van der Waals surface area contributed by atoms with E-state index in [1.54, 1.807) is 12.1 Å². The summed E-state index contributed by atoms with van der Waals surface area (Å²) in [5, 5.41) is 8.23. The molecule has 0 spiro atoms.